The minimum absolute atomic E-state index is 0.158. The maximum atomic E-state index is 12.1. The molecule has 5 nitrogen and oxygen atoms in total. The molecule has 0 saturated heterocycles. The fraction of sp³-hybridized carbons (Fsp3) is 0.467. The number of imidazole rings is 1. The van der Waals surface area contributed by atoms with Crippen LogP contribution < -0.4 is 11.4 Å². The van der Waals surface area contributed by atoms with Gasteiger partial charge in [-0.3, -0.25) is 4.79 Å². The van der Waals surface area contributed by atoms with E-state index in [9.17, 15) is 4.79 Å². The number of nitrogens with zero attached hydrogens (tertiary/aromatic N) is 3. The highest BCUT2D eigenvalue weighted by Crippen LogP contribution is 2.32. The monoisotopic (exact) mass is 272 g/mol. The summed E-state index contributed by atoms with van der Waals surface area (Å²) in [5.74, 6) is 6.34. The Morgan fingerprint density at radius 3 is 2.65 bits per heavy atom. The second-order valence-corrected chi connectivity index (χ2v) is 5.60. The van der Waals surface area contributed by atoms with E-state index < -0.39 is 0 Å². The van der Waals surface area contributed by atoms with Gasteiger partial charge in [-0.25, -0.2) is 9.66 Å². The zero-order valence-corrected chi connectivity index (χ0v) is 11.7. The van der Waals surface area contributed by atoms with Gasteiger partial charge >= 0.3 is 0 Å². The van der Waals surface area contributed by atoms with Crippen molar-refractivity contribution in [1.82, 2.24) is 14.2 Å². The summed E-state index contributed by atoms with van der Waals surface area (Å²) in [6.45, 7) is 1.93. The lowest BCUT2D eigenvalue weighted by Gasteiger charge is -2.24. The summed E-state index contributed by atoms with van der Waals surface area (Å²) < 4.78 is 3.19. The van der Waals surface area contributed by atoms with Gasteiger partial charge in [0.05, 0.1) is 17.7 Å². The van der Waals surface area contributed by atoms with E-state index in [-0.39, 0.29) is 5.56 Å². The van der Waals surface area contributed by atoms with Gasteiger partial charge in [0.2, 0.25) is 0 Å². The highest BCUT2D eigenvalue weighted by Gasteiger charge is 2.19. The van der Waals surface area contributed by atoms with Crippen LogP contribution in [0.4, 0.5) is 0 Å². The maximum Gasteiger partial charge on any atom is 0.270 e. The molecule has 0 spiro atoms. The van der Waals surface area contributed by atoms with Crippen molar-refractivity contribution in [2.45, 2.75) is 44.9 Å². The average molecular weight is 272 g/mol. The normalized spacial score (nSPS) is 16.4. The molecule has 2 N–H and O–H groups in total. The summed E-state index contributed by atoms with van der Waals surface area (Å²) in [7, 11) is 0. The molecule has 3 rings (SSSR count). The number of rotatable bonds is 2. The van der Waals surface area contributed by atoms with Gasteiger partial charge in [0.1, 0.15) is 0 Å². The van der Waals surface area contributed by atoms with Crippen LogP contribution in [-0.2, 0) is 0 Å². The van der Waals surface area contributed by atoms with Crippen LogP contribution in [0.1, 0.15) is 49.4 Å². The Hall–Kier alpha value is -2.04. The molecule has 0 aromatic carbocycles. The fourth-order valence-electron chi connectivity index (χ4n) is 3.01. The van der Waals surface area contributed by atoms with Crippen molar-refractivity contribution in [1.29, 1.82) is 0 Å². The highest BCUT2D eigenvalue weighted by atomic mass is 16.1. The smallest absolute Gasteiger partial charge is 0.270 e. The van der Waals surface area contributed by atoms with Crippen molar-refractivity contribution in [2.75, 3.05) is 5.84 Å². The molecule has 1 aliphatic carbocycles. The van der Waals surface area contributed by atoms with Crippen LogP contribution in [0, 0.1) is 6.92 Å². The molecule has 106 valence electrons. The number of aryl methyl sites for hydroxylation is 1. The molecular weight excluding hydrogens is 252 g/mol. The zero-order valence-electron chi connectivity index (χ0n) is 11.7. The molecule has 5 heteroatoms. The summed E-state index contributed by atoms with van der Waals surface area (Å²) in [5, 5.41) is 0. The number of nitrogens with two attached hydrogens (primary N) is 1. The fourth-order valence-corrected chi connectivity index (χ4v) is 3.01. The number of hydrogen-bond acceptors (Lipinski definition) is 3. The minimum atomic E-state index is -0.158. The Kier molecular flexibility index (Phi) is 3.34. The van der Waals surface area contributed by atoms with E-state index in [0.29, 0.717) is 5.92 Å². The number of pyridine rings is 1. The second kappa shape index (κ2) is 5.15. The first kappa shape index (κ1) is 13.0. The van der Waals surface area contributed by atoms with E-state index in [0.717, 1.165) is 29.9 Å². The van der Waals surface area contributed by atoms with Crippen LogP contribution in [0.25, 0.3) is 5.69 Å². The lowest BCUT2D eigenvalue weighted by Crippen LogP contribution is -2.32. The molecule has 2 heterocycles. The third-order valence-electron chi connectivity index (χ3n) is 4.12. The number of hydrogen-bond donors (Lipinski definition) is 1. The molecule has 20 heavy (non-hydrogen) atoms. The molecule has 2 aromatic heterocycles. The SMILES string of the molecule is Cc1cn(-c2cc(C3CCCCC3)n(N)c(=O)c2)cn1. The van der Waals surface area contributed by atoms with Gasteiger partial charge in [0, 0.05) is 23.9 Å². The van der Waals surface area contributed by atoms with Crippen molar-refractivity contribution in [2.24, 2.45) is 0 Å². The molecule has 0 bridgehead atoms. The predicted molar refractivity (Wildman–Crippen MR) is 78.5 cm³/mol. The van der Waals surface area contributed by atoms with Crippen molar-refractivity contribution in [3.05, 3.63) is 46.4 Å². The molecule has 0 amide bonds. The van der Waals surface area contributed by atoms with E-state index in [2.05, 4.69) is 4.98 Å². The standard InChI is InChI=1S/C15H20N4O/c1-11-9-18(10-17-11)13-7-14(19(16)15(20)8-13)12-5-3-2-4-6-12/h7-10,12H,2-6,16H2,1H3. The van der Waals surface area contributed by atoms with Crippen LogP contribution in [0.2, 0.25) is 0 Å². The Balaban J connectivity index is 2.05. The molecular formula is C15H20N4O. The lowest BCUT2D eigenvalue weighted by molar-refractivity contribution is 0.428. The van der Waals surface area contributed by atoms with Gasteiger partial charge in [-0.1, -0.05) is 19.3 Å². The van der Waals surface area contributed by atoms with Crippen molar-refractivity contribution in [3.8, 4) is 5.69 Å². The van der Waals surface area contributed by atoms with Crippen LogP contribution in [0.3, 0.4) is 0 Å². The Labute approximate surface area is 118 Å². The number of aromatic nitrogens is 3. The Bertz CT molecular complexity index is 665. The molecule has 1 fully saturated rings. The van der Waals surface area contributed by atoms with Gasteiger partial charge in [-0.2, -0.15) is 0 Å². The second-order valence-electron chi connectivity index (χ2n) is 5.60. The topological polar surface area (TPSA) is 65.8 Å². The van der Waals surface area contributed by atoms with E-state index in [1.165, 1.54) is 23.9 Å². The van der Waals surface area contributed by atoms with E-state index >= 15 is 0 Å². The summed E-state index contributed by atoms with van der Waals surface area (Å²) in [5.41, 5.74) is 2.56. The van der Waals surface area contributed by atoms with E-state index in [4.69, 9.17) is 5.84 Å². The Morgan fingerprint density at radius 1 is 1.25 bits per heavy atom. The first-order valence-electron chi connectivity index (χ1n) is 7.18. The molecule has 1 saturated carbocycles. The largest absolute Gasteiger partial charge is 0.336 e. The maximum absolute atomic E-state index is 12.1. The third kappa shape index (κ3) is 2.35. The molecule has 0 atom stereocenters. The van der Waals surface area contributed by atoms with Crippen LogP contribution in [0.15, 0.2) is 29.5 Å². The van der Waals surface area contributed by atoms with Gasteiger partial charge in [-0.15, -0.1) is 0 Å². The van der Waals surface area contributed by atoms with Crippen LogP contribution in [-0.4, -0.2) is 14.2 Å². The third-order valence-corrected chi connectivity index (χ3v) is 4.12. The molecule has 0 unspecified atom stereocenters. The minimum Gasteiger partial charge on any atom is -0.336 e. The van der Waals surface area contributed by atoms with Crippen LogP contribution >= 0.6 is 0 Å². The van der Waals surface area contributed by atoms with E-state index in [1.54, 1.807) is 12.4 Å². The van der Waals surface area contributed by atoms with Crippen molar-refractivity contribution < 1.29 is 0 Å². The summed E-state index contributed by atoms with van der Waals surface area (Å²) in [4.78, 5) is 16.3. The number of nitrogen functional groups attached to an aromatic ring is 1. The molecule has 0 aliphatic heterocycles. The molecule has 1 aliphatic rings. The van der Waals surface area contributed by atoms with Crippen molar-refractivity contribution >= 4 is 0 Å². The predicted octanol–water partition coefficient (Wildman–Crippen LogP) is 2.10. The lowest BCUT2D eigenvalue weighted by atomic mass is 9.86. The molecule has 2 aromatic rings. The van der Waals surface area contributed by atoms with E-state index in [1.807, 2.05) is 23.8 Å². The summed E-state index contributed by atoms with van der Waals surface area (Å²) in [6.07, 6.45) is 9.59. The molecule has 0 radical (unpaired) electrons. The average Bonchev–Trinajstić information content (AvgIpc) is 2.89. The van der Waals surface area contributed by atoms with Gasteiger partial charge in [0.15, 0.2) is 0 Å². The summed E-state index contributed by atoms with van der Waals surface area (Å²) >= 11 is 0. The van der Waals surface area contributed by atoms with Gasteiger partial charge < -0.3 is 10.4 Å². The van der Waals surface area contributed by atoms with Gasteiger partial charge in [0.25, 0.3) is 5.56 Å². The quantitative estimate of drug-likeness (QED) is 0.851. The highest BCUT2D eigenvalue weighted by molar-refractivity contribution is 5.34. The zero-order chi connectivity index (χ0) is 14.1. The first-order valence-corrected chi connectivity index (χ1v) is 7.18. The van der Waals surface area contributed by atoms with Crippen molar-refractivity contribution in [3.63, 3.8) is 0 Å². The van der Waals surface area contributed by atoms with Gasteiger partial charge in [-0.05, 0) is 25.8 Å². The first-order chi connectivity index (χ1) is 9.65. The Morgan fingerprint density at radius 2 is 2.00 bits per heavy atom. The van der Waals surface area contributed by atoms with Crippen LogP contribution in [0.5, 0.6) is 0 Å². The summed E-state index contributed by atoms with van der Waals surface area (Å²) in [6, 6.07) is 3.59.